The van der Waals surface area contributed by atoms with E-state index in [0.29, 0.717) is 66.9 Å². The van der Waals surface area contributed by atoms with E-state index >= 15 is 0 Å². The van der Waals surface area contributed by atoms with Gasteiger partial charge in [0.2, 0.25) is 17.4 Å². The van der Waals surface area contributed by atoms with Crippen LogP contribution >= 0.6 is 0 Å². The number of rotatable bonds is 14. The van der Waals surface area contributed by atoms with Crippen molar-refractivity contribution in [2.45, 2.75) is 18.9 Å². The Bertz CT molecular complexity index is 1660. The van der Waals surface area contributed by atoms with E-state index in [4.69, 9.17) is 48.9 Å². The minimum Gasteiger partial charge on any atom is -0.490 e. The molecule has 0 saturated carbocycles. The van der Waals surface area contributed by atoms with E-state index in [2.05, 4.69) is 0 Å². The predicted molar refractivity (Wildman–Crippen MR) is 180 cm³/mol. The van der Waals surface area contributed by atoms with E-state index in [1.807, 2.05) is 70.5 Å². The zero-order chi connectivity index (χ0) is 33.3. The van der Waals surface area contributed by atoms with Crippen LogP contribution in [-0.2, 0) is 9.53 Å². The maximum Gasteiger partial charge on any atom is 0.251 e. The van der Waals surface area contributed by atoms with E-state index in [1.54, 1.807) is 0 Å². The second-order valence-corrected chi connectivity index (χ2v) is 11.2. The maximum atomic E-state index is 12.9. The first kappa shape index (κ1) is 32.8. The summed E-state index contributed by atoms with van der Waals surface area (Å²) in [7, 11) is 3.04. The highest BCUT2D eigenvalue weighted by Crippen LogP contribution is 2.52. The normalized spacial score (nSPS) is 16.1. The number of nitrogens with zero attached hydrogens (tertiary/aromatic N) is 4. The molecule has 3 heterocycles. The molecule has 3 aromatic carbocycles. The molecule has 1 unspecified atom stereocenters. The van der Waals surface area contributed by atoms with Crippen LogP contribution in [0, 0.1) is 0 Å². The number of carbonyl (C=O) groups is 1. The molecule has 6 rings (SSSR count). The van der Waals surface area contributed by atoms with Gasteiger partial charge in [0, 0.05) is 32.8 Å². The number of hydrogen-bond donors (Lipinski definition) is 1. The summed E-state index contributed by atoms with van der Waals surface area (Å²) in [6.07, 6.45) is 1.31. The number of para-hydroxylation sites is 2. The maximum absolute atomic E-state index is 12.9. The van der Waals surface area contributed by atoms with Crippen LogP contribution in [0.3, 0.4) is 0 Å². The molecule has 13 heteroatoms. The number of amides is 1. The Labute approximate surface area is 279 Å². The first-order valence-corrected chi connectivity index (χ1v) is 16.1. The summed E-state index contributed by atoms with van der Waals surface area (Å²) in [5, 5.41) is 0.419. The molecule has 0 aliphatic carbocycles. The van der Waals surface area contributed by atoms with Gasteiger partial charge < -0.3 is 48.7 Å². The van der Waals surface area contributed by atoms with Crippen LogP contribution in [0.2, 0.25) is 0 Å². The lowest BCUT2D eigenvalue weighted by Crippen LogP contribution is -2.51. The minimum atomic E-state index is -0.353. The number of carbonyl (C=O) groups excluding carboxylic acids is 1. The molecule has 2 fully saturated rings. The van der Waals surface area contributed by atoms with Gasteiger partial charge in [0.1, 0.15) is 55.4 Å². The van der Waals surface area contributed by atoms with Gasteiger partial charge in [-0.15, -0.1) is 0 Å². The van der Waals surface area contributed by atoms with Crippen LogP contribution in [0.15, 0.2) is 60.7 Å². The molecule has 2 saturated heterocycles. The summed E-state index contributed by atoms with van der Waals surface area (Å²) in [4.78, 5) is 26.4. The third kappa shape index (κ3) is 7.36. The lowest BCUT2D eigenvalue weighted by atomic mass is 10.1. The van der Waals surface area contributed by atoms with Gasteiger partial charge in [0.15, 0.2) is 11.5 Å². The molecule has 1 atom stereocenters. The Balaban J connectivity index is 1.28. The number of ether oxygens (including phenoxy) is 7. The molecule has 0 bridgehead atoms. The predicted octanol–water partition coefficient (Wildman–Crippen LogP) is 3.97. The highest BCUT2D eigenvalue weighted by Gasteiger charge is 2.32. The van der Waals surface area contributed by atoms with Crippen LogP contribution in [0.4, 0.5) is 11.8 Å². The molecular formula is C35H41N5O8. The lowest BCUT2D eigenvalue weighted by molar-refractivity contribution is -0.141. The number of hydrogen-bond acceptors (Lipinski definition) is 12. The van der Waals surface area contributed by atoms with Gasteiger partial charge in [-0.3, -0.25) is 4.79 Å². The van der Waals surface area contributed by atoms with E-state index in [9.17, 15) is 4.79 Å². The Morgan fingerprint density at radius 2 is 1.33 bits per heavy atom. The Kier molecular flexibility index (Phi) is 10.7. The summed E-state index contributed by atoms with van der Waals surface area (Å²) < 4.78 is 41.6. The Morgan fingerprint density at radius 1 is 0.771 bits per heavy atom. The zero-order valence-corrected chi connectivity index (χ0v) is 27.3. The molecule has 2 aliphatic rings. The summed E-state index contributed by atoms with van der Waals surface area (Å²) in [6, 6.07) is 19.0. The molecule has 2 aliphatic heterocycles. The van der Waals surface area contributed by atoms with Gasteiger partial charge >= 0.3 is 0 Å². The van der Waals surface area contributed by atoms with Crippen molar-refractivity contribution in [1.29, 1.82) is 0 Å². The number of methoxy groups -OCH3 is 2. The van der Waals surface area contributed by atoms with Gasteiger partial charge in [-0.1, -0.05) is 36.4 Å². The highest BCUT2D eigenvalue weighted by atomic mass is 16.6. The third-order valence-corrected chi connectivity index (χ3v) is 8.16. The van der Waals surface area contributed by atoms with Gasteiger partial charge in [-0.2, -0.15) is 4.98 Å². The van der Waals surface area contributed by atoms with Crippen LogP contribution < -0.4 is 39.1 Å². The molecule has 2 N–H and O–H groups in total. The monoisotopic (exact) mass is 659 g/mol. The van der Waals surface area contributed by atoms with Crippen molar-refractivity contribution >= 4 is 28.6 Å². The van der Waals surface area contributed by atoms with Crippen molar-refractivity contribution in [3.8, 4) is 34.5 Å². The van der Waals surface area contributed by atoms with E-state index in [1.165, 1.54) is 14.2 Å². The third-order valence-electron chi connectivity index (χ3n) is 8.16. The zero-order valence-electron chi connectivity index (χ0n) is 27.3. The van der Waals surface area contributed by atoms with Crippen molar-refractivity contribution in [2.75, 3.05) is 84.1 Å². The standard InChI is InChI=1S/C35H41N5O8/c1-42-31-29(47-22-20-44-24-10-5-3-6-11-24)27-28(30(32(31)43-2)48-23-21-45-25-12-7-4-8-13-25)37-35(38-33(27)36)40-17-15-39(16-18-40)34(41)26-14-9-19-46-26/h3-8,10-13,26H,9,14-23H2,1-2H3,(H2,36,37,38). The van der Waals surface area contributed by atoms with Crippen LogP contribution in [0.1, 0.15) is 12.8 Å². The Hall–Kier alpha value is -5.17. The molecule has 1 amide bonds. The Morgan fingerprint density at radius 3 is 1.90 bits per heavy atom. The number of piperazine rings is 1. The largest absolute Gasteiger partial charge is 0.490 e. The summed E-state index contributed by atoms with van der Waals surface area (Å²) in [5.41, 5.74) is 7.08. The van der Waals surface area contributed by atoms with Crippen molar-refractivity contribution < 1.29 is 38.0 Å². The number of nitrogens with two attached hydrogens (primary N) is 1. The fourth-order valence-corrected chi connectivity index (χ4v) is 5.81. The fraction of sp³-hybridized carbons (Fsp3) is 0.400. The first-order valence-electron chi connectivity index (χ1n) is 16.1. The second-order valence-electron chi connectivity index (χ2n) is 11.2. The molecule has 13 nitrogen and oxygen atoms in total. The van der Waals surface area contributed by atoms with E-state index in [0.717, 1.165) is 24.3 Å². The summed E-state index contributed by atoms with van der Waals surface area (Å²) in [5.74, 6) is 3.27. The van der Waals surface area contributed by atoms with Crippen molar-refractivity contribution in [3.05, 3.63) is 60.7 Å². The van der Waals surface area contributed by atoms with Crippen LogP contribution in [-0.4, -0.2) is 100 Å². The highest BCUT2D eigenvalue weighted by molar-refractivity contribution is 6.02. The second kappa shape index (κ2) is 15.6. The number of fused-ring (bicyclic) bond motifs is 1. The molecule has 1 aromatic heterocycles. The van der Waals surface area contributed by atoms with E-state index in [-0.39, 0.29) is 50.0 Å². The lowest BCUT2D eigenvalue weighted by Gasteiger charge is -2.36. The number of aromatic nitrogens is 2. The number of anilines is 2. The van der Waals surface area contributed by atoms with Crippen LogP contribution in [0.5, 0.6) is 34.5 Å². The van der Waals surface area contributed by atoms with Gasteiger partial charge in [0.05, 0.1) is 19.6 Å². The van der Waals surface area contributed by atoms with Crippen molar-refractivity contribution in [3.63, 3.8) is 0 Å². The minimum absolute atomic E-state index is 0.0365. The molecular weight excluding hydrogens is 618 g/mol. The summed E-state index contributed by atoms with van der Waals surface area (Å²) in [6.45, 7) is 3.59. The van der Waals surface area contributed by atoms with E-state index < -0.39 is 0 Å². The first-order chi connectivity index (χ1) is 23.6. The van der Waals surface area contributed by atoms with Crippen LogP contribution in [0.25, 0.3) is 10.9 Å². The average molecular weight is 660 g/mol. The number of nitrogen functional groups attached to an aromatic ring is 1. The van der Waals surface area contributed by atoms with Gasteiger partial charge in [-0.25, -0.2) is 4.98 Å². The quantitative estimate of drug-likeness (QED) is 0.196. The summed E-state index contributed by atoms with van der Waals surface area (Å²) >= 11 is 0. The molecule has 0 spiro atoms. The molecule has 4 aromatic rings. The van der Waals surface area contributed by atoms with Crippen molar-refractivity contribution in [2.24, 2.45) is 0 Å². The topological polar surface area (TPSA) is 140 Å². The fourth-order valence-electron chi connectivity index (χ4n) is 5.81. The molecule has 254 valence electrons. The number of benzene rings is 3. The smallest absolute Gasteiger partial charge is 0.251 e. The van der Waals surface area contributed by atoms with Crippen molar-refractivity contribution in [1.82, 2.24) is 14.9 Å². The molecule has 48 heavy (non-hydrogen) atoms. The SMILES string of the molecule is COc1c(OC)c(OCCOc2ccccc2)c2c(N)nc(N3CCN(C(=O)C4CCCO4)CC3)nc2c1OCCOc1ccccc1. The molecule has 0 radical (unpaired) electrons. The van der Waals surface area contributed by atoms with Gasteiger partial charge in [-0.05, 0) is 37.1 Å². The van der Waals surface area contributed by atoms with Gasteiger partial charge in [0.25, 0.3) is 5.91 Å². The average Bonchev–Trinajstić information content (AvgIpc) is 3.68.